The molecule has 200 valence electrons. The summed E-state index contributed by atoms with van der Waals surface area (Å²) in [6.07, 6.45) is 0. The van der Waals surface area contributed by atoms with Gasteiger partial charge in [0.25, 0.3) is 0 Å². The van der Waals surface area contributed by atoms with Crippen LogP contribution in [-0.4, -0.2) is 11.6 Å². The lowest BCUT2D eigenvalue weighted by Gasteiger charge is -2.63. The highest BCUT2D eigenvalue weighted by molar-refractivity contribution is 6.05. The molecule has 8 unspecified atom stereocenters. The van der Waals surface area contributed by atoms with Crippen LogP contribution in [0.25, 0.3) is 0 Å². The number of hydrogen-bond donors (Lipinski definition) is 0. The first-order valence-electron chi connectivity index (χ1n) is 13.4. The van der Waals surface area contributed by atoms with E-state index in [0.29, 0.717) is 0 Å². The van der Waals surface area contributed by atoms with Gasteiger partial charge in [-0.05, 0) is 70.8 Å². The Bertz CT molecular complexity index is 1350. The predicted molar refractivity (Wildman–Crippen MR) is 141 cm³/mol. The lowest BCUT2D eigenvalue weighted by atomic mass is 9.37. The summed E-state index contributed by atoms with van der Waals surface area (Å²) in [6, 6.07) is 23.9. The lowest BCUT2D eigenvalue weighted by molar-refractivity contribution is -0.168. The minimum Gasteiger partial charge on any atom is -0.299 e. The Morgan fingerprint density at radius 2 is 0.475 bits per heavy atom. The SMILES string of the molecule is O=C1C2C(C(=O)C3C1C(c1ccc(F)cc1)C3c1ccc(F)cc1)C(c1ccc(F)cc1)C2c1ccc(F)cc1. The molecule has 0 aromatic heterocycles. The van der Waals surface area contributed by atoms with Gasteiger partial charge in [0.15, 0.2) is 0 Å². The van der Waals surface area contributed by atoms with Crippen LogP contribution in [0.15, 0.2) is 97.1 Å². The van der Waals surface area contributed by atoms with Gasteiger partial charge in [0.2, 0.25) is 0 Å². The van der Waals surface area contributed by atoms with E-state index in [4.69, 9.17) is 0 Å². The van der Waals surface area contributed by atoms with Gasteiger partial charge < -0.3 is 0 Å². The van der Waals surface area contributed by atoms with Crippen LogP contribution in [0.2, 0.25) is 0 Å². The zero-order chi connectivity index (χ0) is 27.7. The van der Waals surface area contributed by atoms with Gasteiger partial charge in [-0.15, -0.1) is 0 Å². The normalized spacial score (nSPS) is 30.6. The topological polar surface area (TPSA) is 34.1 Å². The average Bonchev–Trinajstić information content (AvgIpc) is 2.91. The molecule has 0 saturated heterocycles. The van der Waals surface area contributed by atoms with E-state index in [-0.39, 0.29) is 35.2 Å². The maximum Gasteiger partial charge on any atom is 0.141 e. The molecular formula is C34H24F4O2. The van der Waals surface area contributed by atoms with Crippen molar-refractivity contribution in [3.05, 3.63) is 143 Å². The number of halogens is 4. The molecule has 0 bridgehead atoms. The maximum atomic E-state index is 14.3. The fourth-order valence-corrected chi connectivity index (χ4v) is 7.75. The summed E-state index contributed by atoms with van der Waals surface area (Å²) in [5, 5.41) is 0. The largest absolute Gasteiger partial charge is 0.299 e. The monoisotopic (exact) mass is 540 g/mol. The summed E-state index contributed by atoms with van der Waals surface area (Å²) in [5.74, 6) is -5.56. The van der Waals surface area contributed by atoms with Crippen LogP contribution < -0.4 is 0 Å². The molecule has 0 spiro atoms. The van der Waals surface area contributed by atoms with E-state index in [0.717, 1.165) is 22.3 Å². The van der Waals surface area contributed by atoms with Crippen molar-refractivity contribution in [2.45, 2.75) is 23.7 Å². The van der Waals surface area contributed by atoms with Crippen LogP contribution in [-0.2, 0) is 9.59 Å². The Morgan fingerprint density at radius 3 is 0.650 bits per heavy atom. The van der Waals surface area contributed by atoms with Gasteiger partial charge in [0, 0.05) is 47.3 Å². The van der Waals surface area contributed by atoms with Crippen molar-refractivity contribution in [2.24, 2.45) is 23.7 Å². The van der Waals surface area contributed by atoms with Gasteiger partial charge in [-0.2, -0.15) is 0 Å². The molecule has 2 nitrogen and oxygen atoms in total. The summed E-state index contributed by atoms with van der Waals surface area (Å²) in [5.41, 5.74) is 3.02. The van der Waals surface area contributed by atoms with Crippen molar-refractivity contribution in [3.8, 4) is 0 Å². The van der Waals surface area contributed by atoms with Crippen LogP contribution in [0.1, 0.15) is 45.9 Å². The van der Waals surface area contributed by atoms with Crippen molar-refractivity contribution >= 4 is 11.6 Å². The number of carbonyl (C=O) groups excluding carboxylic acids is 2. The molecule has 4 aromatic rings. The van der Waals surface area contributed by atoms with Crippen LogP contribution in [0.5, 0.6) is 0 Å². The smallest absolute Gasteiger partial charge is 0.141 e. The molecule has 0 amide bonds. The molecule has 3 aliphatic rings. The quantitative estimate of drug-likeness (QED) is 0.254. The number of rotatable bonds is 4. The lowest BCUT2D eigenvalue weighted by Crippen LogP contribution is -2.66. The molecular weight excluding hydrogens is 516 g/mol. The summed E-state index contributed by atoms with van der Waals surface area (Å²) in [7, 11) is 0. The molecule has 3 aliphatic carbocycles. The second-order valence-electron chi connectivity index (χ2n) is 11.2. The highest BCUT2D eigenvalue weighted by atomic mass is 19.1. The summed E-state index contributed by atoms with van der Waals surface area (Å²) >= 11 is 0. The first kappa shape index (κ1) is 24.9. The van der Waals surface area contributed by atoms with E-state index in [1.54, 1.807) is 48.5 Å². The molecule has 0 aliphatic heterocycles. The molecule has 8 atom stereocenters. The van der Waals surface area contributed by atoms with Crippen LogP contribution >= 0.6 is 0 Å². The van der Waals surface area contributed by atoms with Gasteiger partial charge in [-0.25, -0.2) is 17.6 Å². The Balaban J connectivity index is 1.34. The Kier molecular flexibility index (Phi) is 5.77. The second-order valence-corrected chi connectivity index (χ2v) is 11.2. The maximum absolute atomic E-state index is 14.3. The van der Waals surface area contributed by atoms with E-state index >= 15 is 0 Å². The Hall–Kier alpha value is -4.06. The number of fused-ring (bicyclic) bond motifs is 2. The molecule has 0 N–H and O–H groups in total. The van der Waals surface area contributed by atoms with Crippen molar-refractivity contribution in [2.75, 3.05) is 0 Å². The highest BCUT2D eigenvalue weighted by Gasteiger charge is 2.70. The number of carbonyl (C=O) groups is 2. The zero-order valence-electron chi connectivity index (χ0n) is 21.2. The second kappa shape index (κ2) is 9.26. The minimum absolute atomic E-state index is 0.0324. The van der Waals surface area contributed by atoms with Crippen molar-refractivity contribution < 1.29 is 27.2 Å². The third kappa shape index (κ3) is 3.69. The summed E-state index contributed by atoms with van der Waals surface area (Å²) < 4.78 is 55.3. The number of hydrogen-bond acceptors (Lipinski definition) is 2. The Labute approximate surface area is 228 Å². The minimum atomic E-state index is -0.605. The van der Waals surface area contributed by atoms with Crippen molar-refractivity contribution in [1.82, 2.24) is 0 Å². The molecule has 3 fully saturated rings. The number of ketones is 2. The molecule has 4 aromatic carbocycles. The zero-order valence-corrected chi connectivity index (χ0v) is 21.2. The van der Waals surface area contributed by atoms with E-state index in [9.17, 15) is 27.2 Å². The van der Waals surface area contributed by atoms with E-state index in [1.807, 2.05) is 0 Å². The first-order chi connectivity index (χ1) is 19.3. The van der Waals surface area contributed by atoms with Gasteiger partial charge >= 0.3 is 0 Å². The average molecular weight is 541 g/mol. The molecule has 0 radical (unpaired) electrons. The predicted octanol–water partition coefficient (Wildman–Crippen LogP) is 7.32. The summed E-state index contributed by atoms with van der Waals surface area (Å²) in [6.45, 7) is 0. The highest BCUT2D eigenvalue weighted by Crippen LogP contribution is 2.70. The van der Waals surface area contributed by atoms with Crippen LogP contribution in [0.4, 0.5) is 17.6 Å². The van der Waals surface area contributed by atoms with Crippen molar-refractivity contribution in [1.29, 1.82) is 0 Å². The third-order valence-electron chi connectivity index (χ3n) is 9.43. The van der Waals surface area contributed by atoms with Crippen molar-refractivity contribution in [3.63, 3.8) is 0 Å². The Morgan fingerprint density at radius 1 is 0.300 bits per heavy atom. The van der Waals surface area contributed by atoms with E-state index < -0.39 is 46.9 Å². The number of benzene rings is 4. The van der Waals surface area contributed by atoms with E-state index in [1.165, 1.54) is 48.5 Å². The molecule has 3 saturated carbocycles. The van der Waals surface area contributed by atoms with Crippen LogP contribution in [0, 0.1) is 46.9 Å². The molecule has 7 rings (SSSR count). The van der Waals surface area contributed by atoms with Gasteiger partial charge in [-0.3, -0.25) is 9.59 Å². The molecule has 6 heteroatoms. The third-order valence-corrected chi connectivity index (χ3v) is 9.43. The summed E-state index contributed by atoms with van der Waals surface area (Å²) in [4.78, 5) is 28.7. The molecule has 40 heavy (non-hydrogen) atoms. The first-order valence-corrected chi connectivity index (χ1v) is 13.4. The van der Waals surface area contributed by atoms with Crippen LogP contribution in [0.3, 0.4) is 0 Å². The fraction of sp³-hybridized carbons (Fsp3) is 0.235. The molecule has 0 heterocycles. The van der Waals surface area contributed by atoms with Gasteiger partial charge in [-0.1, -0.05) is 48.5 Å². The van der Waals surface area contributed by atoms with E-state index in [2.05, 4.69) is 0 Å². The fourth-order valence-electron chi connectivity index (χ4n) is 7.75. The standard InChI is InChI=1S/C34H24F4O2/c35-21-9-1-17(2-10-21)25-26(18-3-11-22(36)12-4-18)30-29(25)33(39)31-27(19-5-13-23(37)14-6-19)28(32(31)34(30)40)20-7-15-24(38)16-8-20/h1-16,25-32H. The number of Topliss-reactive ketones (excluding diaryl/α,β-unsaturated/α-hetero) is 2. The van der Waals surface area contributed by atoms with Gasteiger partial charge in [0.05, 0.1) is 0 Å². The van der Waals surface area contributed by atoms with Gasteiger partial charge in [0.1, 0.15) is 34.8 Å².